The van der Waals surface area contributed by atoms with Gasteiger partial charge in [-0.1, -0.05) is 131 Å². The van der Waals surface area contributed by atoms with Gasteiger partial charge in [-0.05, 0) is 89.9 Å². The van der Waals surface area contributed by atoms with Crippen LogP contribution in [-0.4, -0.2) is 80.6 Å². The molecule has 2 unspecified atom stereocenters. The molecule has 0 aliphatic carbocycles. The van der Waals surface area contributed by atoms with Crippen LogP contribution in [0.2, 0.25) is 0 Å². The molecule has 8 heteroatoms. The Morgan fingerprint density at radius 3 is 1.51 bits per heavy atom. The molecule has 0 aromatic rings. The molecule has 0 amide bonds. The van der Waals surface area contributed by atoms with Crippen molar-refractivity contribution in [1.29, 1.82) is 0 Å². The van der Waals surface area contributed by atoms with Crippen molar-refractivity contribution in [2.45, 2.75) is 167 Å². The van der Waals surface area contributed by atoms with E-state index in [2.05, 4.69) is 98.9 Å². The molecule has 0 fully saturated rings. The number of aliphatic carboxylic acids is 1. The lowest BCUT2D eigenvalue weighted by molar-refractivity contribution is -0.887. The van der Waals surface area contributed by atoms with Gasteiger partial charge in [-0.25, -0.2) is 4.79 Å². The van der Waals surface area contributed by atoms with E-state index >= 15 is 0 Å². The Morgan fingerprint density at radius 2 is 0.982 bits per heavy atom. The number of nitrogens with zero attached hydrogens (tertiary/aromatic N) is 1. The summed E-state index contributed by atoms with van der Waals surface area (Å²) in [7, 11) is 5.50. The van der Waals surface area contributed by atoms with Gasteiger partial charge in [0.15, 0.2) is 12.1 Å². The number of hydrogen-bond donors (Lipinski definition) is 1. The first-order valence-corrected chi connectivity index (χ1v) is 22.1. The van der Waals surface area contributed by atoms with Crippen molar-refractivity contribution in [1.82, 2.24) is 0 Å². The molecule has 0 aliphatic rings. The van der Waals surface area contributed by atoms with E-state index < -0.39 is 18.1 Å². The lowest BCUT2D eigenvalue weighted by Crippen LogP contribution is -2.50. The highest BCUT2D eigenvalue weighted by Crippen LogP contribution is 2.12. The fourth-order valence-corrected chi connectivity index (χ4v) is 5.85. The summed E-state index contributed by atoms with van der Waals surface area (Å²) in [5, 5.41) is 9.61. The Hall–Kier alpha value is -3.49. The van der Waals surface area contributed by atoms with Crippen molar-refractivity contribution < 1.29 is 38.2 Å². The third kappa shape index (κ3) is 37.8. The van der Waals surface area contributed by atoms with Crippen LogP contribution in [0.3, 0.4) is 0 Å². The molecule has 1 N–H and O–H groups in total. The zero-order chi connectivity index (χ0) is 42.1. The Kier molecular flexibility index (Phi) is 36.9. The van der Waals surface area contributed by atoms with E-state index in [0.717, 1.165) is 83.5 Å². The third-order valence-electron chi connectivity index (χ3n) is 9.28. The van der Waals surface area contributed by atoms with Gasteiger partial charge < -0.3 is 23.8 Å². The largest absolute Gasteiger partial charge is 0.477 e. The maximum atomic E-state index is 12.7. The minimum atomic E-state index is -0.886. The van der Waals surface area contributed by atoms with Crippen molar-refractivity contribution in [2.75, 3.05) is 41.0 Å². The minimum Gasteiger partial charge on any atom is -0.477 e. The van der Waals surface area contributed by atoms with Crippen LogP contribution in [0.1, 0.15) is 155 Å². The second-order valence-electron chi connectivity index (χ2n) is 15.6. The molecule has 0 aromatic heterocycles. The van der Waals surface area contributed by atoms with Gasteiger partial charge in [0.25, 0.3) is 0 Å². The number of carbonyl (C=O) groups is 3. The number of allylic oxidation sites excluding steroid dienone is 14. The van der Waals surface area contributed by atoms with Gasteiger partial charge in [-0.15, -0.1) is 0 Å². The van der Waals surface area contributed by atoms with E-state index in [-0.39, 0.29) is 36.2 Å². The Balaban J connectivity index is 4.42. The standard InChI is InChI=1S/C49H81NO7/c1-6-8-10-12-14-16-18-20-21-22-23-24-25-26-27-28-30-31-33-35-37-39-47(51)56-44-45(43-55-42-41-46(49(53)54)50(3,4)5)57-48(52)40-38-36-34-32-29-19-17-15-13-11-9-7-2/h8,10,14-17,20-21,23-24,26-27,30-31,45-46H,6-7,9,11-13,18-19,22,25,28-29,32-44H2,1-5H3/p+1/b10-8+,16-14+,17-15+,21-20+,24-23+,27-26+,31-30+. The number of ether oxygens (including phenoxy) is 3. The van der Waals surface area contributed by atoms with E-state index in [1.165, 1.54) is 32.1 Å². The molecule has 0 spiro atoms. The summed E-state index contributed by atoms with van der Waals surface area (Å²) in [4.78, 5) is 36.9. The molecule has 0 aromatic carbocycles. The Labute approximate surface area is 348 Å². The highest BCUT2D eigenvalue weighted by molar-refractivity contribution is 5.72. The molecule has 324 valence electrons. The molecule has 0 saturated heterocycles. The summed E-state index contributed by atoms with van der Waals surface area (Å²) in [6.07, 6.45) is 50.6. The Morgan fingerprint density at radius 1 is 0.544 bits per heavy atom. The van der Waals surface area contributed by atoms with Gasteiger partial charge in [-0.3, -0.25) is 9.59 Å². The van der Waals surface area contributed by atoms with Crippen LogP contribution in [0.25, 0.3) is 0 Å². The van der Waals surface area contributed by atoms with Crippen LogP contribution < -0.4 is 0 Å². The van der Waals surface area contributed by atoms with E-state index in [1.807, 2.05) is 21.1 Å². The third-order valence-corrected chi connectivity index (χ3v) is 9.28. The SMILES string of the molecule is CC/C=C/C/C=C/C/C=C/C/C=C/C/C=C/C/C=C/CCCCC(=O)OCC(COCCC(C(=O)O)[N+](C)(C)C)OC(=O)CCCCCCC/C=C/CCCCC. The average molecular weight is 797 g/mol. The average Bonchev–Trinajstić information content (AvgIpc) is 3.17. The first-order valence-electron chi connectivity index (χ1n) is 22.1. The molecule has 8 nitrogen and oxygen atoms in total. The van der Waals surface area contributed by atoms with Gasteiger partial charge in [-0.2, -0.15) is 0 Å². The van der Waals surface area contributed by atoms with Crippen LogP contribution in [0.5, 0.6) is 0 Å². The number of likely N-dealkylation sites (N-methyl/N-ethyl adjacent to an activating group) is 1. The molecule has 0 radical (unpaired) electrons. The summed E-state index contributed by atoms with van der Waals surface area (Å²) in [6.45, 7) is 4.52. The Bertz CT molecular complexity index is 1200. The maximum Gasteiger partial charge on any atom is 0.362 e. The fourth-order valence-electron chi connectivity index (χ4n) is 5.85. The highest BCUT2D eigenvalue weighted by Gasteiger charge is 2.31. The van der Waals surface area contributed by atoms with Crippen LogP contribution in [0, 0.1) is 0 Å². The van der Waals surface area contributed by atoms with Gasteiger partial charge in [0.2, 0.25) is 0 Å². The lowest BCUT2D eigenvalue weighted by atomic mass is 10.1. The number of unbranched alkanes of at least 4 members (excludes halogenated alkanes) is 10. The number of carbonyl (C=O) groups excluding carboxylic acids is 2. The zero-order valence-corrected chi connectivity index (χ0v) is 36.8. The molecule has 0 heterocycles. The normalized spacial score (nSPS) is 13.8. The van der Waals surface area contributed by atoms with Crippen molar-refractivity contribution in [3.05, 3.63) is 85.1 Å². The number of hydrogen-bond acceptors (Lipinski definition) is 6. The maximum absolute atomic E-state index is 12.7. The highest BCUT2D eigenvalue weighted by atomic mass is 16.6. The van der Waals surface area contributed by atoms with E-state index in [4.69, 9.17) is 14.2 Å². The molecule has 0 rings (SSSR count). The molecule has 0 aliphatic heterocycles. The monoisotopic (exact) mass is 797 g/mol. The second kappa shape index (κ2) is 39.3. The van der Waals surface area contributed by atoms with Crippen molar-refractivity contribution in [2.24, 2.45) is 0 Å². The van der Waals surface area contributed by atoms with Crippen molar-refractivity contribution in [3.8, 4) is 0 Å². The summed E-state index contributed by atoms with van der Waals surface area (Å²) >= 11 is 0. The fraction of sp³-hybridized carbons (Fsp3) is 0.653. The molecule has 2 atom stereocenters. The predicted octanol–water partition coefficient (Wildman–Crippen LogP) is 12.1. The van der Waals surface area contributed by atoms with Gasteiger partial charge >= 0.3 is 17.9 Å². The summed E-state index contributed by atoms with van der Waals surface area (Å²) in [5.74, 6) is -1.55. The summed E-state index contributed by atoms with van der Waals surface area (Å²) < 4.78 is 17.2. The molecule has 0 bridgehead atoms. The van der Waals surface area contributed by atoms with Gasteiger partial charge in [0.1, 0.15) is 6.61 Å². The molecular formula is C49H82NO7+. The van der Waals surface area contributed by atoms with Gasteiger partial charge in [0.05, 0.1) is 34.4 Å². The zero-order valence-electron chi connectivity index (χ0n) is 36.8. The predicted molar refractivity (Wildman–Crippen MR) is 238 cm³/mol. The van der Waals surface area contributed by atoms with Crippen LogP contribution in [0.4, 0.5) is 0 Å². The van der Waals surface area contributed by atoms with Crippen molar-refractivity contribution >= 4 is 17.9 Å². The van der Waals surface area contributed by atoms with Crippen LogP contribution in [0.15, 0.2) is 85.1 Å². The summed E-state index contributed by atoms with van der Waals surface area (Å²) in [6, 6.07) is -0.626. The molecule has 0 saturated carbocycles. The first kappa shape index (κ1) is 53.5. The second-order valence-corrected chi connectivity index (χ2v) is 15.6. The lowest BCUT2D eigenvalue weighted by Gasteiger charge is -2.31. The van der Waals surface area contributed by atoms with E-state index in [1.54, 1.807) is 0 Å². The number of carboxylic acids is 1. The first-order chi connectivity index (χ1) is 27.6. The topological polar surface area (TPSA) is 99.1 Å². The smallest absolute Gasteiger partial charge is 0.362 e. The number of carboxylic acid groups (broad SMARTS) is 1. The van der Waals surface area contributed by atoms with Crippen LogP contribution >= 0.6 is 0 Å². The summed E-state index contributed by atoms with van der Waals surface area (Å²) in [5.41, 5.74) is 0. The van der Waals surface area contributed by atoms with Crippen LogP contribution in [-0.2, 0) is 28.6 Å². The van der Waals surface area contributed by atoms with E-state index in [0.29, 0.717) is 25.7 Å². The van der Waals surface area contributed by atoms with Gasteiger partial charge in [0, 0.05) is 19.3 Å². The quantitative estimate of drug-likeness (QED) is 0.0287. The molecule has 57 heavy (non-hydrogen) atoms. The number of esters is 2. The van der Waals surface area contributed by atoms with Crippen molar-refractivity contribution in [3.63, 3.8) is 0 Å². The number of quaternary nitrogens is 1. The number of rotatable bonds is 38. The minimum absolute atomic E-state index is 0.0388. The van der Waals surface area contributed by atoms with E-state index in [9.17, 15) is 19.5 Å². The molecular weight excluding hydrogens is 715 g/mol.